The van der Waals surface area contributed by atoms with Gasteiger partial charge < -0.3 is 14.5 Å². The molecule has 7 aromatic rings. The van der Waals surface area contributed by atoms with Gasteiger partial charge in [-0.2, -0.15) is 5.10 Å². The van der Waals surface area contributed by atoms with Gasteiger partial charge >= 0.3 is 11.4 Å². The van der Waals surface area contributed by atoms with Gasteiger partial charge in [-0.15, -0.1) is 0 Å². The third-order valence-corrected chi connectivity index (χ3v) is 10.9. The normalized spacial score (nSPS) is 14.1. The number of fused-ring (bicyclic) bond motifs is 2. The van der Waals surface area contributed by atoms with Crippen LogP contribution in [0.25, 0.3) is 33.5 Å². The number of hydrogen-bond acceptors (Lipinski definition) is 7. The van der Waals surface area contributed by atoms with Crippen molar-refractivity contribution in [2.24, 2.45) is 0 Å². The molecule has 13 nitrogen and oxygen atoms in total. The number of benzene rings is 2. The van der Waals surface area contributed by atoms with E-state index in [1.54, 1.807) is 48.0 Å². The molecule has 5 aromatic heterocycles. The number of hydrogen-bond donors (Lipinski definition) is 2. The number of carbonyl (C=O) groups is 1. The summed E-state index contributed by atoms with van der Waals surface area (Å²) < 4.78 is 24.8. The summed E-state index contributed by atoms with van der Waals surface area (Å²) in [4.78, 5) is 52.1. The maximum atomic E-state index is 15.0. The third-order valence-electron chi connectivity index (χ3n) is 10.9. The molecule has 54 heavy (non-hydrogen) atoms. The van der Waals surface area contributed by atoms with Crippen molar-refractivity contribution >= 4 is 16.8 Å². The summed E-state index contributed by atoms with van der Waals surface area (Å²) in [7, 11) is 0. The minimum absolute atomic E-state index is 0.159. The van der Waals surface area contributed by atoms with Gasteiger partial charge in [-0.1, -0.05) is 25.1 Å². The molecule has 1 amide bonds. The number of pyridine rings is 1. The van der Waals surface area contributed by atoms with Crippen molar-refractivity contribution in [2.45, 2.75) is 72.9 Å². The zero-order chi connectivity index (χ0) is 38.1. The highest BCUT2D eigenvalue weighted by Gasteiger charge is 2.38. The van der Waals surface area contributed by atoms with Gasteiger partial charge in [0, 0.05) is 53.7 Å². The molecule has 14 heteroatoms. The van der Waals surface area contributed by atoms with E-state index in [0.29, 0.717) is 59.1 Å². The van der Waals surface area contributed by atoms with E-state index in [9.17, 15) is 18.8 Å². The second kappa shape index (κ2) is 13.0. The Kier molecular flexibility index (Phi) is 8.35. The Balaban J connectivity index is 1.28. The Morgan fingerprint density at radius 1 is 1.06 bits per heavy atom. The number of imidazole rings is 1. The van der Waals surface area contributed by atoms with Gasteiger partial charge in [-0.3, -0.25) is 23.9 Å². The van der Waals surface area contributed by atoms with Crippen molar-refractivity contribution < 1.29 is 13.7 Å². The predicted molar refractivity (Wildman–Crippen MR) is 201 cm³/mol. The standard InChI is InChI=1S/C40H40FN9O4/c1-7-30-24(5)28(11-13-42-30)25-9-10-32-26(19-25)20-33(49(32)40(6,8-2)37-44-39(53)54-46-37)36(51)47-15-12-31-29(21-47)35(48-16-14-43-38(48)52)50(45-31)27-17-22(3)34(41)23(4)18-27/h9-11,13-14,16-20H,7-8,12,15,21H2,1-6H3,(H,43,52)(H,44,46,53)/t40-/m1/s1. The molecule has 6 heterocycles. The summed E-state index contributed by atoms with van der Waals surface area (Å²) in [5, 5.41) is 9.85. The van der Waals surface area contributed by atoms with Crippen LogP contribution in [0.2, 0.25) is 0 Å². The number of carbonyl (C=O) groups excluding carboxylic acids is 1. The van der Waals surface area contributed by atoms with E-state index >= 15 is 0 Å². The first-order valence-corrected chi connectivity index (χ1v) is 18.0. The molecule has 1 aliphatic heterocycles. The smallest absolute Gasteiger partial charge is 0.332 e. The topological polar surface area (TPSA) is 153 Å². The fourth-order valence-electron chi connectivity index (χ4n) is 7.87. The predicted octanol–water partition coefficient (Wildman–Crippen LogP) is 6.04. The summed E-state index contributed by atoms with van der Waals surface area (Å²) in [5.74, 6) is -0.459. The van der Waals surface area contributed by atoms with Gasteiger partial charge in [-0.05, 0) is 105 Å². The van der Waals surface area contributed by atoms with Gasteiger partial charge in [0.1, 0.15) is 22.9 Å². The lowest BCUT2D eigenvalue weighted by atomic mass is 9.96. The quantitative estimate of drug-likeness (QED) is 0.193. The fraction of sp³-hybridized carbons (Fsp3) is 0.300. The first-order chi connectivity index (χ1) is 25.9. The molecule has 0 saturated carbocycles. The Hall–Kier alpha value is -6.31. The van der Waals surface area contributed by atoms with Gasteiger partial charge in [0.2, 0.25) is 0 Å². The van der Waals surface area contributed by atoms with E-state index in [-0.39, 0.29) is 24.0 Å². The van der Waals surface area contributed by atoms with E-state index in [0.717, 1.165) is 45.4 Å². The number of aromatic amines is 2. The number of rotatable bonds is 8. The van der Waals surface area contributed by atoms with Gasteiger partial charge in [0.15, 0.2) is 5.82 Å². The Morgan fingerprint density at radius 2 is 1.83 bits per heavy atom. The second-order valence-electron chi connectivity index (χ2n) is 14.2. The first kappa shape index (κ1) is 34.8. The number of nitrogens with one attached hydrogen (secondary N) is 2. The van der Waals surface area contributed by atoms with Gasteiger partial charge in [0.05, 0.1) is 17.9 Å². The van der Waals surface area contributed by atoms with E-state index in [1.165, 1.54) is 4.57 Å². The van der Waals surface area contributed by atoms with Crippen molar-refractivity contribution in [3.8, 4) is 22.6 Å². The molecule has 0 saturated heterocycles. The Labute approximate surface area is 309 Å². The molecular formula is C40H40FN9O4. The van der Waals surface area contributed by atoms with Crippen LogP contribution in [0.1, 0.15) is 77.1 Å². The van der Waals surface area contributed by atoms with E-state index in [2.05, 4.69) is 40.0 Å². The van der Waals surface area contributed by atoms with Gasteiger partial charge in [-0.25, -0.2) is 18.7 Å². The number of H-pyrrole nitrogens is 2. The first-order valence-electron chi connectivity index (χ1n) is 18.0. The zero-order valence-corrected chi connectivity index (χ0v) is 31.0. The molecule has 1 aliphatic rings. The van der Waals surface area contributed by atoms with Crippen molar-refractivity contribution in [2.75, 3.05) is 6.54 Å². The van der Waals surface area contributed by atoms with Crippen LogP contribution in [-0.4, -0.2) is 56.4 Å². The molecule has 0 spiro atoms. The van der Waals surface area contributed by atoms with Crippen molar-refractivity contribution in [1.29, 1.82) is 0 Å². The number of aryl methyl sites for hydroxylation is 3. The minimum atomic E-state index is -0.976. The average Bonchev–Trinajstić information content (AvgIpc) is 3.97. The maximum absolute atomic E-state index is 15.0. The molecular weight excluding hydrogens is 689 g/mol. The molecule has 0 unspecified atom stereocenters. The molecule has 8 rings (SSSR count). The third kappa shape index (κ3) is 5.43. The molecule has 0 aliphatic carbocycles. The van der Waals surface area contributed by atoms with E-state index < -0.39 is 11.3 Å². The largest absolute Gasteiger partial charge is 0.438 e. The molecule has 0 fully saturated rings. The molecule has 0 bridgehead atoms. The SMILES string of the molecule is CCc1nccc(-c2ccc3c(c2)cc(C(=O)N2CCc4nn(-c5cc(C)c(F)c(C)c5)c(-n5cc[nH]c5=O)c4C2)n3[C@](C)(CC)c2noc(=O)[nH]2)c1C. The monoisotopic (exact) mass is 729 g/mol. The molecule has 1 atom stereocenters. The molecule has 2 aromatic carbocycles. The Morgan fingerprint density at radius 3 is 2.50 bits per heavy atom. The number of halogens is 1. The van der Waals surface area contributed by atoms with Crippen LogP contribution in [-0.2, 0) is 24.9 Å². The highest BCUT2D eigenvalue weighted by atomic mass is 19.1. The number of amides is 1. The lowest BCUT2D eigenvalue weighted by Crippen LogP contribution is -2.41. The lowest BCUT2D eigenvalue weighted by molar-refractivity contribution is 0.0717. The molecule has 276 valence electrons. The van der Waals surface area contributed by atoms with Crippen molar-refractivity contribution in [3.05, 3.63) is 133 Å². The van der Waals surface area contributed by atoms with E-state index in [4.69, 9.17) is 9.62 Å². The second-order valence-corrected chi connectivity index (χ2v) is 14.2. The summed E-state index contributed by atoms with van der Waals surface area (Å²) >= 11 is 0. The Bertz CT molecular complexity index is 2700. The summed E-state index contributed by atoms with van der Waals surface area (Å²) in [6.07, 6.45) is 6.69. The van der Waals surface area contributed by atoms with Crippen LogP contribution in [0.4, 0.5) is 4.39 Å². The zero-order valence-electron chi connectivity index (χ0n) is 31.0. The van der Waals surface area contributed by atoms with Gasteiger partial charge in [0.25, 0.3) is 5.91 Å². The van der Waals surface area contributed by atoms with E-state index in [1.807, 2.05) is 48.9 Å². The van der Waals surface area contributed by atoms with Crippen LogP contribution in [0, 0.1) is 26.6 Å². The van der Waals surface area contributed by atoms with Crippen LogP contribution in [0.5, 0.6) is 0 Å². The molecule has 2 N–H and O–H groups in total. The molecule has 0 radical (unpaired) electrons. The van der Waals surface area contributed by atoms with Crippen molar-refractivity contribution in [3.63, 3.8) is 0 Å². The van der Waals surface area contributed by atoms with Crippen molar-refractivity contribution in [1.82, 2.24) is 43.9 Å². The maximum Gasteiger partial charge on any atom is 0.438 e. The summed E-state index contributed by atoms with van der Waals surface area (Å²) in [6.45, 7) is 12.0. The highest BCUT2D eigenvalue weighted by molar-refractivity contribution is 6.00. The van der Waals surface area contributed by atoms with Crippen LogP contribution < -0.4 is 11.4 Å². The highest BCUT2D eigenvalue weighted by Crippen LogP contribution is 2.38. The minimum Gasteiger partial charge on any atom is -0.332 e. The van der Waals surface area contributed by atoms with Crippen LogP contribution in [0.15, 0.2) is 75.2 Å². The number of aromatic nitrogens is 8. The van der Waals surface area contributed by atoms with Crippen LogP contribution >= 0.6 is 0 Å². The lowest BCUT2D eigenvalue weighted by Gasteiger charge is -2.33. The van der Waals surface area contributed by atoms with Crippen LogP contribution in [0.3, 0.4) is 0 Å². The summed E-state index contributed by atoms with van der Waals surface area (Å²) in [6, 6.07) is 13.4. The number of nitrogens with zero attached hydrogens (tertiary/aromatic N) is 7. The average molecular weight is 730 g/mol. The fourth-order valence-corrected chi connectivity index (χ4v) is 7.87. The summed E-state index contributed by atoms with van der Waals surface area (Å²) in [5.41, 5.74) is 6.97.